The molecule has 19 heavy (non-hydrogen) atoms. The normalized spacial score (nSPS) is 10.4. The molecular weight excluding hydrogens is 262 g/mol. The Kier molecular flexibility index (Phi) is 4.11. The van der Waals surface area contributed by atoms with Gasteiger partial charge in [0.25, 0.3) is 0 Å². The molecule has 1 aromatic carbocycles. The molecule has 0 aliphatic carbocycles. The molecule has 5 nitrogen and oxygen atoms in total. The second-order valence-electron chi connectivity index (χ2n) is 4.14. The van der Waals surface area contributed by atoms with Crippen LogP contribution in [0.3, 0.4) is 0 Å². The number of anilines is 1. The summed E-state index contributed by atoms with van der Waals surface area (Å²) < 4.78 is 0. The van der Waals surface area contributed by atoms with Crippen LogP contribution in [-0.2, 0) is 4.79 Å². The lowest BCUT2D eigenvalue weighted by Gasteiger charge is -2.05. The van der Waals surface area contributed by atoms with Crippen LogP contribution in [-0.4, -0.2) is 27.0 Å². The summed E-state index contributed by atoms with van der Waals surface area (Å²) in [4.78, 5) is 12.7. The number of aryl methyl sites for hydroxylation is 2. The Balaban J connectivity index is 1.92. The number of carbonyl (C=O) groups excluding carboxylic acids is 1. The van der Waals surface area contributed by atoms with Crippen molar-refractivity contribution in [2.45, 2.75) is 18.7 Å². The summed E-state index contributed by atoms with van der Waals surface area (Å²) in [5, 5.41) is 19.0. The van der Waals surface area contributed by atoms with Crippen molar-refractivity contribution >= 4 is 23.4 Å². The van der Waals surface area contributed by atoms with Crippen LogP contribution in [0.4, 0.5) is 5.69 Å². The first-order valence-electron chi connectivity index (χ1n) is 5.79. The van der Waals surface area contributed by atoms with E-state index in [4.69, 9.17) is 0 Å². The number of carbonyl (C=O) groups is 1. The van der Waals surface area contributed by atoms with E-state index in [0.717, 1.165) is 22.0 Å². The first-order chi connectivity index (χ1) is 9.06. The minimum Gasteiger partial charge on any atom is -0.508 e. The lowest BCUT2D eigenvalue weighted by molar-refractivity contribution is -0.113. The van der Waals surface area contributed by atoms with Gasteiger partial charge in [-0.05, 0) is 32.0 Å². The molecule has 6 heteroatoms. The van der Waals surface area contributed by atoms with Crippen LogP contribution < -0.4 is 5.32 Å². The highest BCUT2D eigenvalue weighted by molar-refractivity contribution is 8.00. The van der Waals surface area contributed by atoms with Gasteiger partial charge in [-0.1, -0.05) is 6.07 Å². The molecule has 0 unspecified atom stereocenters. The maximum absolute atomic E-state index is 11.8. The number of hydrogen-bond acceptors (Lipinski definition) is 4. The molecule has 0 aliphatic rings. The van der Waals surface area contributed by atoms with Crippen LogP contribution in [0.5, 0.6) is 5.75 Å². The van der Waals surface area contributed by atoms with Crippen molar-refractivity contribution in [3.05, 3.63) is 35.7 Å². The molecule has 100 valence electrons. The topological polar surface area (TPSA) is 78.0 Å². The Morgan fingerprint density at radius 2 is 2.26 bits per heavy atom. The van der Waals surface area contributed by atoms with Gasteiger partial charge in [-0.2, -0.15) is 5.10 Å². The molecule has 0 aliphatic heterocycles. The van der Waals surface area contributed by atoms with Crippen LogP contribution in [0.25, 0.3) is 0 Å². The average molecular weight is 277 g/mol. The third-order valence-corrected chi connectivity index (χ3v) is 3.57. The number of benzene rings is 1. The molecule has 2 rings (SSSR count). The molecule has 3 N–H and O–H groups in total. The third kappa shape index (κ3) is 3.51. The van der Waals surface area contributed by atoms with E-state index in [-0.39, 0.29) is 17.4 Å². The predicted octanol–water partition coefficient (Wildman–Crippen LogP) is 2.46. The summed E-state index contributed by atoms with van der Waals surface area (Å²) >= 11 is 1.37. The number of aromatic hydroxyl groups is 1. The van der Waals surface area contributed by atoms with E-state index in [2.05, 4.69) is 15.5 Å². The number of thioether (sulfide) groups is 1. The van der Waals surface area contributed by atoms with Gasteiger partial charge in [0, 0.05) is 4.90 Å². The zero-order valence-corrected chi connectivity index (χ0v) is 11.5. The number of nitrogens with one attached hydrogen (secondary N) is 2. The zero-order valence-electron chi connectivity index (χ0n) is 10.7. The zero-order chi connectivity index (χ0) is 13.8. The molecule has 0 saturated heterocycles. The van der Waals surface area contributed by atoms with E-state index in [1.807, 2.05) is 19.9 Å². The average Bonchev–Trinajstić information content (AvgIpc) is 2.68. The summed E-state index contributed by atoms with van der Waals surface area (Å²) in [6, 6.07) is 6.83. The Hall–Kier alpha value is -1.95. The van der Waals surface area contributed by atoms with E-state index in [1.165, 1.54) is 11.8 Å². The summed E-state index contributed by atoms with van der Waals surface area (Å²) in [5.41, 5.74) is 2.35. The number of rotatable bonds is 4. The largest absolute Gasteiger partial charge is 0.508 e. The van der Waals surface area contributed by atoms with Gasteiger partial charge < -0.3 is 10.4 Å². The highest BCUT2D eigenvalue weighted by atomic mass is 32.2. The molecule has 0 radical (unpaired) electrons. The number of nitrogens with zero attached hydrogens (tertiary/aromatic N) is 1. The third-order valence-electron chi connectivity index (χ3n) is 2.58. The summed E-state index contributed by atoms with van der Waals surface area (Å²) in [7, 11) is 0. The quantitative estimate of drug-likeness (QED) is 0.750. The molecular formula is C13H15N3O2S. The number of phenolic OH excluding ortho intramolecular Hbond substituents is 1. The smallest absolute Gasteiger partial charge is 0.234 e. The highest BCUT2D eigenvalue weighted by Gasteiger charge is 2.10. The Labute approximate surface area is 115 Å². The van der Waals surface area contributed by atoms with Crippen molar-refractivity contribution in [2.24, 2.45) is 0 Å². The Morgan fingerprint density at radius 1 is 1.47 bits per heavy atom. The minimum atomic E-state index is -0.0963. The number of phenols is 1. The molecule has 0 fully saturated rings. The van der Waals surface area contributed by atoms with Crippen LogP contribution in [0.2, 0.25) is 0 Å². The van der Waals surface area contributed by atoms with Gasteiger partial charge in [-0.15, -0.1) is 11.8 Å². The van der Waals surface area contributed by atoms with Crippen LogP contribution in [0.15, 0.2) is 29.2 Å². The van der Waals surface area contributed by atoms with Crippen molar-refractivity contribution in [1.29, 1.82) is 0 Å². The van der Waals surface area contributed by atoms with Crippen LogP contribution in [0, 0.1) is 13.8 Å². The van der Waals surface area contributed by atoms with E-state index < -0.39 is 0 Å². The first-order valence-corrected chi connectivity index (χ1v) is 6.78. The second kappa shape index (κ2) is 5.79. The summed E-state index contributed by atoms with van der Waals surface area (Å²) in [5.74, 6) is 0.390. The van der Waals surface area contributed by atoms with Gasteiger partial charge in [0.2, 0.25) is 5.91 Å². The van der Waals surface area contributed by atoms with Gasteiger partial charge in [-0.3, -0.25) is 9.89 Å². The van der Waals surface area contributed by atoms with Crippen molar-refractivity contribution in [1.82, 2.24) is 10.2 Å². The minimum absolute atomic E-state index is 0.0963. The molecule has 0 atom stereocenters. The fourth-order valence-corrected chi connectivity index (χ4v) is 2.38. The van der Waals surface area contributed by atoms with Crippen molar-refractivity contribution in [3.8, 4) is 5.75 Å². The molecule has 2 aromatic rings. The first kappa shape index (κ1) is 13.5. The van der Waals surface area contributed by atoms with E-state index >= 15 is 0 Å². The standard InChI is InChI=1S/C13H15N3O2S/c1-8-13(9(2)16-15-8)14-12(18)7-19-11-5-3-4-10(17)6-11/h3-6,17H,7H2,1-2H3,(H,14,18)(H,15,16). The lowest BCUT2D eigenvalue weighted by atomic mass is 10.3. The number of hydrogen-bond donors (Lipinski definition) is 3. The molecule has 0 saturated carbocycles. The van der Waals surface area contributed by atoms with Crippen LogP contribution >= 0.6 is 11.8 Å². The fraction of sp³-hybridized carbons (Fsp3) is 0.231. The van der Waals surface area contributed by atoms with Gasteiger partial charge in [0.05, 0.1) is 22.8 Å². The summed E-state index contributed by atoms with van der Waals surface area (Å²) in [6.07, 6.45) is 0. The highest BCUT2D eigenvalue weighted by Crippen LogP contribution is 2.23. The number of H-pyrrole nitrogens is 1. The molecule has 0 spiro atoms. The van der Waals surface area contributed by atoms with Gasteiger partial charge in [0.1, 0.15) is 5.75 Å². The van der Waals surface area contributed by atoms with Gasteiger partial charge in [-0.25, -0.2) is 0 Å². The monoisotopic (exact) mass is 277 g/mol. The predicted molar refractivity (Wildman–Crippen MR) is 75.5 cm³/mol. The van der Waals surface area contributed by atoms with Crippen molar-refractivity contribution in [2.75, 3.05) is 11.1 Å². The van der Waals surface area contributed by atoms with Crippen LogP contribution in [0.1, 0.15) is 11.4 Å². The van der Waals surface area contributed by atoms with Crippen molar-refractivity contribution < 1.29 is 9.90 Å². The number of aromatic nitrogens is 2. The SMILES string of the molecule is Cc1n[nH]c(C)c1NC(=O)CSc1cccc(O)c1. The molecule has 1 heterocycles. The second-order valence-corrected chi connectivity index (χ2v) is 5.19. The maximum atomic E-state index is 11.8. The maximum Gasteiger partial charge on any atom is 0.234 e. The molecule has 1 amide bonds. The Bertz CT molecular complexity index is 576. The van der Waals surface area contributed by atoms with Gasteiger partial charge in [0.15, 0.2) is 0 Å². The molecule has 1 aromatic heterocycles. The van der Waals surface area contributed by atoms with Gasteiger partial charge >= 0.3 is 0 Å². The van der Waals surface area contributed by atoms with Crippen molar-refractivity contribution in [3.63, 3.8) is 0 Å². The Morgan fingerprint density at radius 3 is 2.89 bits per heavy atom. The van der Waals surface area contributed by atoms with E-state index in [9.17, 15) is 9.90 Å². The number of amides is 1. The fourth-order valence-electron chi connectivity index (χ4n) is 1.63. The summed E-state index contributed by atoms with van der Waals surface area (Å²) in [6.45, 7) is 3.69. The lowest BCUT2D eigenvalue weighted by Crippen LogP contribution is -2.14. The molecule has 0 bridgehead atoms. The number of aromatic amines is 1. The van der Waals surface area contributed by atoms with E-state index in [1.54, 1.807) is 18.2 Å². The van der Waals surface area contributed by atoms with E-state index in [0.29, 0.717) is 0 Å².